The smallest absolute Gasteiger partial charge is 0.265 e. The molecule has 130 valence electrons. The molecule has 6 nitrogen and oxygen atoms in total. The summed E-state index contributed by atoms with van der Waals surface area (Å²) in [6.07, 6.45) is 2.35. The Morgan fingerprint density at radius 2 is 2.00 bits per heavy atom. The van der Waals surface area contributed by atoms with Crippen LogP contribution in [-0.2, 0) is 16.4 Å². The molecule has 3 rings (SSSR count). The third-order valence-corrected chi connectivity index (χ3v) is 5.18. The lowest BCUT2D eigenvalue weighted by atomic mass is 10.1. The Hall–Kier alpha value is -2.80. The quantitative estimate of drug-likeness (QED) is 0.726. The van der Waals surface area contributed by atoms with E-state index in [1.807, 2.05) is 25.1 Å². The second-order valence-corrected chi connectivity index (χ2v) is 7.05. The molecule has 0 saturated carbocycles. The Kier molecular flexibility index (Phi) is 4.76. The SMILES string of the molecule is CCc1cccc(NS(=O)(=O)c2ccc(-c3ccno3)cc2OC)c1. The van der Waals surface area contributed by atoms with E-state index >= 15 is 0 Å². The van der Waals surface area contributed by atoms with Crippen molar-refractivity contribution in [2.24, 2.45) is 0 Å². The molecule has 0 aliphatic heterocycles. The van der Waals surface area contributed by atoms with Crippen LogP contribution < -0.4 is 9.46 Å². The summed E-state index contributed by atoms with van der Waals surface area (Å²) in [5.41, 5.74) is 2.25. The molecule has 0 aliphatic carbocycles. The van der Waals surface area contributed by atoms with Gasteiger partial charge in [0.25, 0.3) is 10.0 Å². The van der Waals surface area contributed by atoms with Crippen LogP contribution in [0.25, 0.3) is 11.3 Å². The van der Waals surface area contributed by atoms with Gasteiger partial charge in [-0.1, -0.05) is 24.2 Å². The first-order valence-electron chi connectivity index (χ1n) is 7.74. The summed E-state index contributed by atoms with van der Waals surface area (Å²) < 4.78 is 38.5. The van der Waals surface area contributed by atoms with Crippen LogP contribution in [0.1, 0.15) is 12.5 Å². The van der Waals surface area contributed by atoms with Crippen molar-refractivity contribution in [3.8, 4) is 17.1 Å². The molecule has 0 amide bonds. The molecule has 2 aromatic carbocycles. The number of rotatable bonds is 6. The molecule has 1 N–H and O–H groups in total. The maximum absolute atomic E-state index is 12.8. The molecule has 25 heavy (non-hydrogen) atoms. The minimum absolute atomic E-state index is 0.0557. The highest BCUT2D eigenvalue weighted by atomic mass is 32.2. The second-order valence-electron chi connectivity index (χ2n) is 5.40. The number of nitrogens with zero attached hydrogens (tertiary/aromatic N) is 1. The normalized spacial score (nSPS) is 11.3. The molecular weight excluding hydrogens is 340 g/mol. The highest BCUT2D eigenvalue weighted by Crippen LogP contribution is 2.31. The molecule has 0 unspecified atom stereocenters. The van der Waals surface area contributed by atoms with Gasteiger partial charge in [-0.2, -0.15) is 0 Å². The summed E-state index contributed by atoms with van der Waals surface area (Å²) in [4.78, 5) is 0.0557. The van der Waals surface area contributed by atoms with Crippen molar-refractivity contribution >= 4 is 15.7 Å². The van der Waals surface area contributed by atoms with Crippen molar-refractivity contribution in [2.75, 3.05) is 11.8 Å². The zero-order valence-electron chi connectivity index (χ0n) is 13.9. The van der Waals surface area contributed by atoms with Crippen molar-refractivity contribution in [1.29, 1.82) is 0 Å². The summed E-state index contributed by atoms with van der Waals surface area (Å²) in [6, 6.07) is 13.7. The number of aromatic nitrogens is 1. The van der Waals surface area contributed by atoms with E-state index in [1.165, 1.54) is 19.4 Å². The highest BCUT2D eigenvalue weighted by Gasteiger charge is 2.21. The number of aryl methyl sites for hydroxylation is 1. The summed E-state index contributed by atoms with van der Waals surface area (Å²) >= 11 is 0. The van der Waals surface area contributed by atoms with Gasteiger partial charge in [0.1, 0.15) is 10.6 Å². The molecule has 0 spiro atoms. The Labute approximate surface area is 146 Å². The van der Waals surface area contributed by atoms with Gasteiger partial charge in [0.15, 0.2) is 5.76 Å². The first-order valence-corrected chi connectivity index (χ1v) is 9.22. The van der Waals surface area contributed by atoms with E-state index in [4.69, 9.17) is 9.26 Å². The zero-order chi connectivity index (χ0) is 17.9. The Morgan fingerprint density at radius 1 is 1.16 bits per heavy atom. The van der Waals surface area contributed by atoms with Crippen LogP contribution in [0.15, 0.2) is 64.1 Å². The lowest BCUT2D eigenvalue weighted by molar-refractivity contribution is 0.402. The van der Waals surface area contributed by atoms with E-state index < -0.39 is 10.0 Å². The number of ether oxygens (including phenoxy) is 1. The molecule has 0 atom stereocenters. The van der Waals surface area contributed by atoms with Gasteiger partial charge in [-0.25, -0.2) is 8.42 Å². The third-order valence-electron chi connectivity index (χ3n) is 3.76. The molecule has 0 bridgehead atoms. The van der Waals surface area contributed by atoms with E-state index in [-0.39, 0.29) is 10.6 Å². The van der Waals surface area contributed by atoms with Crippen molar-refractivity contribution in [3.05, 3.63) is 60.3 Å². The first kappa shape index (κ1) is 17.0. The predicted octanol–water partition coefficient (Wildman–Crippen LogP) is 3.71. The molecule has 0 radical (unpaired) electrons. The largest absolute Gasteiger partial charge is 0.495 e. The Morgan fingerprint density at radius 3 is 2.68 bits per heavy atom. The maximum atomic E-state index is 12.8. The first-order chi connectivity index (χ1) is 12.0. The standard InChI is InChI=1S/C18H18N2O4S/c1-3-13-5-4-6-15(11-13)20-25(21,22)18-8-7-14(12-17(18)23-2)16-9-10-19-24-16/h4-12,20H,3H2,1-2H3. The van der Waals surface area contributed by atoms with E-state index in [0.29, 0.717) is 17.0 Å². The fraction of sp³-hybridized carbons (Fsp3) is 0.167. The monoisotopic (exact) mass is 358 g/mol. The van der Waals surface area contributed by atoms with Gasteiger partial charge in [-0.3, -0.25) is 4.72 Å². The van der Waals surface area contributed by atoms with Gasteiger partial charge in [-0.15, -0.1) is 0 Å². The molecule has 0 fully saturated rings. The topological polar surface area (TPSA) is 81.4 Å². The number of hydrogen-bond acceptors (Lipinski definition) is 5. The van der Waals surface area contributed by atoms with Crippen LogP contribution >= 0.6 is 0 Å². The molecule has 1 heterocycles. The van der Waals surface area contributed by atoms with Gasteiger partial charge in [0.05, 0.1) is 13.3 Å². The number of hydrogen-bond donors (Lipinski definition) is 1. The van der Waals surface area contributed by atoms with E-state index in [0.717, 1.165) is 12.0 Å². The Balaban J connectivity index is 1.96. The summed E-state index contributed by atoms with van der Waals surface area (Å²) in [5.74, 6) is 0.763. The molecular formula is C18H18N2O4S. The minimum Gasteiger partial charge on any atom is -0.495 e. The number of nitrogens with one attached hydrogen (secondary N) is 1. The minimum atomic E-state index is -3.79. The molecule has 0 saturated heterocycles. The van der Waals surface area contributed by atoms with Crippen molar-refractivity contribution in [1.82, 2.24) is 5.16 Å². The van der Waals surface area contributed by atoms with Crippen LogP contribution in [0.5, 0.6) is 5.75 Å². The summed E-state index contributed by atoms with van der Waals surface area (Å²) in [6.45, 7) is 2.01. The van der Waals surface area contributed by atoms with E-state index in [1.54, 1.807) is 24.3 Å². The van der Waals surface area contributed by atoms with Crippen LogP contribution in [0.4, 0.5) is 5.69 Å². The number of anilines is 1. The average Bonchev–Trinajstić information content (AvgIpc) is 3.15. The molecule has 3 aromatic rings. The maximum Gasteiger partial charge on any atom is 0.265 e. The van der Waals surface area contributed by atoms with Gasteiger partial charge >= 0.3 is 0 Å². The van der Waals surface area contributed by atoms with Gasteiger partial charge < -0.3 is 9.26 Å². The van der Waals surface area contributed by atoms with E-state index in [2.05, 4.69) is 9.88 Å². The van der Waals surface area contributed by atoms with Crippen LogP contribution in [0, 0.1) is 0 Å². The number of methoxy groups -OCH3 is 1. The van der Waals surface area contributed by atoms with Crippen molar-refractivity contribution in [3.63, 3.8) is 0 Å². The zero-order valence-corrected chi connectivity index (χ0v) is 14.7. The van der Waals surface area contributed by atoms with Gasteiger partial charge in [-0.05, 0) is 42.3 Å². The molecule has 1 aromatic heterocycles. The fourth-order valence-electron chi connectivity index (χ4n) is 2.47. The molecule has 7 heteroatoms. The van der Waals surface area contributed by atoms with Crippen LogP contribution in [0.2, 0.25) is 0 Å². The summed E-state index contributed by atoms with van der Waals surface area (Å²) in [5, 5.41) is 3.65. The Bertz CT molecular complexity index is 967. The second kappa shape index (κ2) is 6.98. The van der Waals surface area contributed by atoms with Gasteiger partial charge in [0.2, 0.25) is 0 Å². The van der Waals surface area contributed by atoms with Crippen LogP contribution in [0.3, 0.4) is 0 Å². The van der Waals surface area contributed by atoms with Gasteiger partial charge in [0, 0.05) is 17.3 Å². The third kappa shape index (κ3) is 3.66. The number of sulfonamides is 1. The average molecular weight is 358 g/mol. The van der Waals surface area contributed by atoms with Crippen LogP contribution in [-0.4, -0.2) is 20.7 Å². The fourth-order valence-corrected chi connectivity index (χ4v) is 3.67. The highest BCUT2D eigenvalue weighted by molar-refractivity contribution is 7.92. The van der Waals surface area contributed by atoms with Crippen molar-refractivity contribution < 1.29 is 17.7 Å². The lowest BCUT2D eigenvalue weighted by Crippen LogP contribution is -2.14. The lowest BCUT2D eigenvalue weighted by Gasteiger charge is -2.13. The predicted molar refractivity (Wildman–Crippen MR) is 95.1 cm³/mol. The molecule has 0 aliphatic rings. The summed E-state index contributed by atoms with van der Waals surface area (Å²) in [7, 11) is -2.36. The van der Waals surface area contributed by atoms with E-state index in [9.17, 15) is 8.42 Å². The number of benzene rings is 2. The van der Waals surface area contributed by atoms with Crippen molar-refractivity contribution in [2.45, 2.75) is 18.2 Å².